The number of hydrogen-bond donors (Lipinski definition) is 1. The van der Waals surface area contributed by atoms with Gasteiger partial charge in [0, 0.05) is 4.88 Å². The van der Waals surface area contributed by atoms with Gasteiger partial charge in [-0.25, -0.2) is 0 Å². The van der Waals surface area contributed by atoms with Crippen molar-refractivity contribution in [3.05, 3.63) is 57.3 Å². The van der Waals surface area contributed by atoms with Gasteiger partial charge in [-0.2, -0.15) is 13.2 Å². The Bertz CT molecular complexity index is 589. The van der Waals surface area contributed by atoms with Gasteiger partial charge in [-0.3, -0.25) is 0 Å². The zero-order valence-electron chi connectivity index (χ0n) is 12.0. The van der Waals surface area contributed by atoms with Crippen molar-refractivity contribution in [2.75, 3.05) is 6.54 Å². The predicted octanol–water partition coefficient (Wildman–Crippen LogP) is 5.16. The highest BCUT2D eigenvalue weighted by Gasteiger charge is 2.35. The smallest absolute Gasteiger partial charge is 0.306 e. The maximum Gasteiger partial charge on any atom is 0.416 e. The highest BCUT2D eigenvalue weighted by atomic mass is 32.1. The molecule has 1 N–H and O–H groups in total. The van der Waals surface area contributed by atoms with E-state index >= 15 is 0 Å². The van der Waals surface area contributed by atoms with Crippen LogP contribution in [0.1, 0.15) is 41.0 Å². The molecular formula is C16H18F3NS. The van der Waals surface area contributed by atoms with Crippen LogP contribution in [-0.2, 0) is 6.18 Å². The number of aryl methyl sites for hydroxylation is 1. The second-order valence-corrected chi connectivity index (χ2v) is 5.89. The third kappa shape index (κ3) is 3.66. The number of thiophene rings is 1. The highest BCUT2D eigenvalue weighted by Crippen LogP contribution is 2.38. The largest absolute Gasteiger partial charge is 0.416 e. The average Bonchev–Trinajstić information content (AvgIpc) is 2.85. The van der Waals surface area contributed by atoms with Crippen molar-refractivity contribution in [1.29, 1.82) is 0 Å². The van der Waals surface area contributed by atoms with Crippen molar-refractivity contribution in [2.45, 2.75) is 32.5 Å². The van der Waals surface area contributed by atoms with Gasteiger partial charge in [-0.1, -0.05) is 25.1 Å². The summed E-state index contributed by atoms with van der Waals surface area (Å²) in [6, 6.07) is 7.34. The van der Waals surface area contributed by atoms with Crippen LogP contribution in [0.15, 0.2) is 35.7 Å². The summed E-state index contributed by atoms with van der Waals surface area (Å²) in [5.74, 6) is 0. The lowest BCUT2D eigenvalue weighted by Crippen LogP contribution is -2.25. The molecule has 0 radical (unpaired) electrons. The lowest BCUT2D eigenvalue weighted by molar-refractivity contribution is -0.138. The first-order chi connectivity index (χ1) is 9.95. The summed E-state index contributed by atoms with van der Waals surface area (Å²) in [5.41, 5.74) is 0.751. The molecule has 1 heterocycles. The van der Waals surface area contributed by atoms with E-state index in [0.717, 1.165) is 22.9 Å². The summed E-state index contributed by atoms with van der Waals surface area (Å²) in [5, 5.41) is 5.17. The molecule has 0 aliphatic rings. The minimum atomic E-state index is -4.34. The van der Waals surface area contributed by atoms with Gasteiger partial charge in [-0.15, -0.1) is 11.3 Å². The number of rotatable bonds is 5. The third-order valence-electron chi connectivity index (χ3n) is 3.34. The van der Waals surface area contributed by atoms with Crippen molar-refractivity contribution in [3.8, 4) is 0 Å². The lowest BCUT2D eigenvalue weighted by atomic mass is 9.97. The van der Waals surface area contributed by atoms with Crippen LogP contribution in [0.2, 0.25) is 0 Å². The first-order valence-corrected chi connectivity index (χ1v) is 7.76. The molecule has 1 aromatic carbocycles. The first-order valence-electron chi connectivity index (χ1n) is 6.88. The Labute approximate surface area is 126 Å². The van der Waals surface area contributed by atoms with Gasteiger partial charge in [0.25, 0.3) is 0 Å². The Kier molecular flexibility index (Phi) is 5.06. The molecule has 0 aliphatic carbocycles. The van der Waals surface area contributed by atoms with E-state index in [2.05, 4.69) is 5.32 Å². The predicted molar refractivity (Wildman–Crippen MR) is 80.6 cm³/mol. The standard InChI is InChI=1S/C16H18F3NS/c1-3-9-20-14(15-11(2)8-10-21-15)12-6-4-5-7-13(12)16(17,18)19/h4-8,10,14,20H,3,9H2,1-2H3. The Morgan fingerprint density at radius 1 is 1.19 bits per heavy atom. The monoisotopic (exact) mass is 313 g/mol. The van der Waals surface area contributed by atoms with Gasteiger partial charge in [-0.05, 0) is 48.5 Å². The van der Waals surface area contributed by atoms with E-state index in [1.807, 2.05) is 25.3 Å². The number of alkyl halides is 3. The van der Waals surface area contributed by atoms with Crippen molar-refractivity contribution in [3.63, 3.8) is 0 Å². The quantitative estimate of drug-likeness (QED) is 0.803. The SMILES string of the molecule is CCCNC(c1ccccc1C(F)(F)F)c1sccc1C. The molecule has 0 fully saturated rings. The van der Waals surface area contributed by atoms with Gasteiger partial charge < -0.3 is 5.32 Å². The minimum Gasteiger partial charge on any atom is -0.306 e. The fraction of sp³-hybridized carbons (Fsp3) is 0.375. The molecular weight excluding hydrogens is 295 g/mol. The van der Waals surface area contributed by atoms with E-state index in [9.17, 15) is 13.2 Å². The minimum absolute atomic E-state index is 0.295. The molecule has 0 spiro atoms. The van der Waals surface area contributed by atoms with Crippen LogP contribution in [0.5, 0.6) is 0 Å². The second-order valence-electron chi connectivity index (χ2n) is 4.94. The summed E-state index contributed by atoms with van der Waals surface area (Å²) in [6.07, 6.45) is -3.47. The van der Waals surface area contributed by atoms with Crippen LogP contribution in [0.4, 0.5) is 13.2 Å². The van der Waals surface area contributed by atoms with E-state index in [1.54, 1.807) is 12.1 Å². The zero-order chi connectivity index (χ0) is 15.5. The third-order valence-corrected chi connectivity index (χ3v) is 4.42. The Morgan fingerprint density at radius 3 is 2.48 bits per heavy atom. The molecule has 0 aliphatic heterocycles. The first kappa shape index (κ1) is 16.0. The Hall–Kier alpha value is -1.33. The molecule has 1 nitrogen and oxygen atoms in total. The van der Waals surface area contributed by atoms with Crippen molar-refractivity contribution in [2.24, 2.45) is 0 Å². The summed E-state index contributed by atoms with van der Waals surface area (Å²) in [7, 11) is 0. The summed E-state index contributed by atoms with van der Waals surface area (Å²) in [6.45, 7) is 4.61. The maximum atomic E-state index is 13.2. The van der Waals surface area contributed by atoms with E-state index in [0.29, 0.717) is 12.1 Å². The molecule has 0 amide bonds. The van der Waals surface area contributed by atoms with Crippen LogP contribution >= 0.6 is 11.3 Å². The molecule has 0 saturated carbocycles. The van der Waals surface area contributed by atoms with Crippen molar-refractivity contribution >= 4 is 11.3 Å². The molecule has 0 saturated heterocycles. The van der Waals surface area contributed by atoms with E-state index in [1.165, 1.54) is 17.4 Å². The maximum absolute atomic E-state index is 13.2. The molecule has 0 bridgehead atoms. The normalized spacial score (nSPS) is 13.4. The van der Waals surface area contributed by atoms with Gasteiger partial charge in [0.05, 0.1) is 11.6 Å². The van der Waals surface area contributed by atoms with Crippen LogP contribution in [0.3, 0.4) is 0 Å². The van der Waals surface area contributed by atoms with Gasteiger partial charge in [0.15, 0.2) is 0 Å². The van der Waals surface area contributed by atoms with Gasteiger partial charge >= 0.3 is 6.18 Å². The molecule has 1 unspecified atom stereocenters. The van der Waals surface area contributed by atoms with E-state index in [4.69, 9.17) is 0 Å². The molecule has 114 valence electrons. The fourth-order valence-corrected chi connectivity index (χ4v) is 3.34. The highest BCUT2D eigenvalue weighted by molar-refractivity contribution is 7.10. The second kappa shape index (κ2) is 6.62. The summed E-state index contributed by atoms with van der Waals surface area (Å²) in [4.78, 5) is 0.945. The fourth-order valence-electron chi connectivity index (χ4n) is 2.32. The van der Waals surface area contributed by atoms with Crippen LogP contribution in [-0.4, -0.2) is 6.54 Å². The molecule has 21 heavy (non-hydrogen) atoms. The number of halogens is 3. The molecule has 2 rings (SSSR count). The van der Waals surface area contributed by atoms with E-state index < -0.39 is 17.8 Å². The number of nitrogens with one attached hydrogen (secondary N) is 1. The summed E-state index contributed by atoms with van der Waals surface area (Å²) < 4.78 is 39.7. The van der Waals surface area contributed by atoms with Gasteiger partial charge in [0.2, 0.25) is 0 Å². The van der Waals surface area contributed by atoms with Crippen LogP contribution in [0.25, 0.3) is 0 Å². The Balaban J connectivity index is 2.50. The molecule has 5 heteroatoms. The number of hydrogen-bond acceptors (Lipinski definition) is 2. The molecule has 1 atom stereocenters. The zero-order valence-corrected chi connectivity index (χ0v) is 12.8. The van der Waals surface area contributed by atoms with Crippen LogP contribution < -0.4 is 5.32 Å². The van der Waals surface area contributed by atoms with Crippen molar-refractivity contribution < 1.29 is 13.2 Å². The van der Waals surface area contributed by atoms with E-state index in [-0.39, 0.29) is 0 Å². The lowest BCUT2D eigenvalue weighted by Gasteiger charge is -2.23. The molecule has 1 aromatic heterocycles. The topological polar surface area (TPSA) is 12.0 Å². The van der Waals surface area contributed by atoms with Crippen LogP contribution in [0, 0.1) is 6.92 Å². The van der Waals surface area contributed by atoms with Crippen molar-refractivity contribution in [1.82, 2.24) is 5.32 Å². The summed E-state index contributed by atoms with van der Waals surface area (Å²) >= 11 is 1.49. The number of benzene rings is 1. The molecule has 2 aromatic rings. The average molecular weight is 313 g/mol. The Morgan fingerprint density at radius 2 is 1.90 bits per heavy atom. The van der Waals surface area contributed by atoms with Gasteiger partial charge in [0.1, 0.15) is 0 Å².